The molecule has 0 aromatic heterocycles. The monoisotopic (exact) mass is 287 g/mol. The average Bonchev–Trinajstić information content (AvgIpc) is 2.30. The van der Waals surface area contributed by atoms with Crippen LogP contribution in [-0.4, -0.2) is 13.1 Å². The maximum absolute atomic E-state index is 6.22. The molecule has 0 aliphatic carbocycles. The summed E-state index contributed by atoms with van der Waals surface area (Å²) in [5, 5.41) is 4.99. The van der Waals surface area contributed by atoms with Gasteiger partial charge in [-0.2, -0.15) is 0 Å². The van der Waals surface area contributed by atoms with E-state index in [9.17, 15) is 0 Å². The average molecular weight is 288 g/mol. The highest BCUT2D eigenvalue weighted by Gasteiger charge is 2.20. The highest BCUT2D eigenvalue weighted by molar-refractivity contribution is 6.35. The van der Waals surface area contributed by atoms with Crippen molar-refractivity contribution >= 4 is 23.2 Å². The summed E-state index contributed by atoms with van der Waals surface area (Å²) >= 11 is 12.4. The molecule has 0 saturated carbocycles. The molecular formula is C15H23Cl2N. The molecule has 0 unspecified atom stereocenters. The van der Waals surface area contributed by atoms with E-state index in [4.69, 9.17) is 23.2 Å². The number of hydrogen-bond donors (Lipinski definition) is 1. The van der Waals surface area contributed by atoms with Gasteiger partial charge in [0.1, 0.15) is 0 Å². The third-order valence-corrected chi connectivity index (χ3v) is 3.83. The van der Waals surface area contributed by atoms with Crippen molar-refractivity contribution in [1.29, 1.82) is 0 Å². The van der Waals surface area contributed by atoms with Gasteiger partial charge in [0.2, 0.25) is 0 Å². The Morgan fingerprint density at radius 2 is 1.72 bits per heavy atom. The van der Waals surface area contributed by atoms with E-state index in [1.165, 1.54) is 6.42 Å². The largest absolute Gasteiger partial charge is 0.317 e. The fraction of sp³-hybridized carbons (Fsp3) is 0.600. The number of benzene rings is 1. The molecule has 0 saturated heterocycles. The van der Waals surface area contributed by atoms with Gasteiger partial charge in [0, 0.05) is 10.0 Å². The number of rotatable bonds is 7. The van der Waals surface area contributed by atoms with Crippen LogP contribution >= 0.6 is 23.2 Å². The van der Waals surface area contributed by atoms with Crippen molar-refractivity contribution in [2.75, 3.05) is 13.1 Å². The maximum atomic E-state index is 6.22. The van der Waals surface area contributed by atoms with E-state index in [1.807, 2.05) is 18.2 Å². The van der Waals surface area contributed by atoms with Crippen LogP contribution in [0.15, 0.2) is 18.2 Å². The number of hydrogen-bond acceptors (Lipinski definition) is 1. The van der Waals surface area contributed by atoms with E-state index in [0.717, 1.165) is 41.5 Å². The van der Waals surface area contributed by atoms with E-state index in [1.54, 1.807) is 0 Å². The van der Waals surface area contributed by atoms with Gasteiger partial charge in [-0.05, 0) is 55.5 Å². The summed E-state index contributed by atoms with van der Waals surface area (Å²) in [6.07, 6.45) is 3.21. The van der Waals surface area contributed by atoms with Crippen LogP contribution in [0.4, 0.5) is 0 Å². The van der Waals surface area contributed by atoms with Gasteiger partial charge in [-0.25, -0.2) is 0 Å². The lowest BCUT2D eigenvalue weighted by Crippen LogP contribution is -2.24. The summed E-state index contributed by atoms with van der Waals surface area (Å²) in [6, 6.07) is 5.71. The normalized spacial score (nSPS) is 11.8. The van der Waals surface area contributed by atoms with Gasteiger partial charge >= 0.3 is 0 Å². The minimum absolute atomic E-state index is 0.204. The molecular weight excluding hydrogens is 265 g/mol. The first-order valence-corrected chi connectivity index (χ1v) is 7.35. The van der Waals surface area contributed by atoms with E-state index in [2.05, 4.69) is 26.1 Å². The molecule has 1 rings (SSSR count). The molecule has 1 nitrogen and oxygen atoms in total. The molecule has 102 valence electrons. The molecule has 0 fully saturated rings. The third-order valence-electron chi connectivity index (χ3n) is 3.12. The summed E-state index contributed by atoms with van der Waals surface area (Å²) < 4.78 is 0. The molecule has 1 aromatic carbocycles. The third kappa shape index (κ3) is 5.17. The summed E-state index contributed by atoms with van der Waals surface area (Å²) in [6.45, 7) is 8.84. The second-order valence-corrected chi connectivity index (χ2v) is 6.36. The molecule has 3 heteroatoms. The summed E-state index contributed by atoms with van der Waals surface area (Å²) in [5.74, 6) is 0. The molecule has 0 radical (unpaired) electrons. The van der Waals surface area contributed by atoms with Gasteiger partial charge < -0.3 is 5.32 Å². The van der Waals surface area contributed by atoms with Gasteiger partial charge in [-0.1, -0.05) is 50.0 Å². The van der Waals surface area contributed by atoms with Gasteiger partial charge in [0.05, 0.1) is 0 Å². The molecule has 0 atom stereocenters. The minimum atomic E-state index is 0.204. The molecule has 18 heavy (non-hydrogen) atoms. The first kappa shape index (κ1) is 15.8. The SMILES string of the molecule is CCCNCCC(C)(C)Cc1c(Cl)cccc1Cl. The van der Waals surface area contributed by atoms with Gasteiger partial charge in [-0.3, -0.25) is 0 Å². The Labute approximate surface area is 121 Å². The van der Waals surface area contributed by atoms with Gasteiger partial charge in [-0.15, -0.1) is 0 Å². The van der Waals surface area contributed by atoms with E-state index < -0.39 is 0 Å². The molecule has 0 amide bonds. The molecule has 0 heterocycles. The Bertz CT molecular complexity index is 355. The zero-order chi connectivity index (χ0) is 13.6. The van der Waals surface area contributed by atoms with Crippen LogP contribution in [0.2, 0.25) is 10.0 Å². The Balaban J connectivity index is 2.59. The molecule has 0 aliphatic rings. The Morgan fingerprint density at radius 1 is 1.11 bits per heavy atom. The Morgan fingerprint density at radius 3 is 2.28 bits per heavy atom. The van der Waals surface area contributed by atoms with E-state index >= 15 is 0 Å². The quantitative estimate of drug-likeness (QED) is 0.700. The summed E-state index contributed by atoms with van der Waals surface area (Å²) in [7, 11) is 0. The Hall–Kier alpha value is -0.240. The first-order chi connectivity index (χ1) is 8.46. The van der Waals surface area contributed by atoms with Gasteiger partial charge in [0.25, 0.3) is 0 Å². The minimum Gasteiger partial charge on any atom is -0.317 e. The van der Waals surface area contributed by atoms with E-state index in [-0.39, 0.29) is 5.41 Å². The lowest BCUT2D eigenvalue weighted by Gasteiger charge is -2.26. The fourth-order valence-electron chi connectivity index (χ4n) is 2.00. The van der Waals surface area contributed by atoms with Gasteiger partial charge in [0.15, 0.2) is 0 Å². The lowest BCUT2D eigenvalue weighted by atomic mass is 9.82. The fourth-order valence-corrected chi connectivity index (χ4v) is 2.53. The maximum Gasteiger partial charge on any atom is 0.0453 e. The Kier molecular flexibility index (Phi) is 6.48. The smallest absolute Gasteiger partial charge is 0.0453 e. The van der Waals surface area contributed by atoms with Crippen LogP contribution in [0.25, 0.3) is 0 Å². The van der Waals surface area contributed by atoms with Crippen LogP contribution in [0.5, 0.6) is 0 Å². The zero-order valence-corrected chi connectivity index (χ0v) is 13.0. The second kappa shape index (κ2) is 7.37. The van der Waals surface area contributed by atoms with Crippen molar-refractivity contribution in [1.82, 2.24) is 5.32 Å². The van der Waals surface area contributed by atoms with Crippen molar-refractivity contribution in [3.05, 3.63) is 33.8 Å². The summed E-state index contributed by atoms with van der Waals surface area (Å²) in [5.41, 5.74) is 1.27. The number of halogens is 2. The van der Waals surface area contributed by atoms with Crippen LogP contribution in [0.1, 0.15) is 39.2 Å². The van der Waals surface area contributed by atoms with Crippen molar-refractivity contribution in [2.24, 2.45) is 5.41 Å². The molecule has 0 bridgehead atoms. The highest BCUT2D eigenvalue weighted by Crippen LogP contribution is 2.33. The zero-order valence-electron chi connectivity index (χ0n) is 11.5. The predicted octanol–water partition coefficient (Wildman–Crippen LogP) is 4.95. The predicted molar refractivity (Wildman–Crippen MR) is 81.7 cm³/mol. The molecule has 0 aliphatic heterocycles. The van der Waals surface area contributed by atoms with Crippen molar-refractivity contribution in [3.63, 3.8) is 0 Å². The standard InChI is InChI=1S/C15H23Cl2N/c1-4-9-18-10-8-15(2,3)11-12-13(16)6-5-7-14(12)17/h5-7,18H,4,8-11H2,1-3H3. The topological polar surface area (TPSA) is 12.0 Å². The van der Waals surface area contributed by atoms with Crippen LogP contribution in [0.3, 0.4) is 0 Å². The molecule has 1 aromatic rings. The van der Waals surface area contributed by atoms with Crippen LogP contribution in [0, 0.1) is 5.41 Å². The van der Waals surface area contributed by atoms with Crippen molar-refractivity contribution < 1.29 is 0 Å². The summed E-state index contributed by atoms with van der Waals surface area (Å²) in [4.78, 5) is 0. The van der Waals surface area contributed by atoms with E-state index in [0.29, 0.717) is 0 Å². The van der Waals surface area contributed by atoms with Crippen LogP contribution < -0.4 is 5.32 Å². The van der Waals surface area contributed by atoms with Crippen molar-refractivity contribution in [2.45, 2.75) is 40.0 Å². The van der Waals surface area contributed by atoms with Crippen molar-refractivity contribution in [3.8, 4) is 0 Å². The van der Waals surface area contributed by atoms with Crippen LogP contribution in [-0.2, 0) is 6.42 Å². The molecule has 0 spiro atoms. The molecule has 1 N–H and O–H groups in total. The second-order valence-electron chi connectivity index (χ2n) is 5.54. The first-order valence-electron chi connectivity index (χ1n) is 6.60. The lowest BCUT2D eigenvalue weighted by molar-refractivity contribution is 0.326. The highest BCUT2D eigenvalue weighted by atomic mass is 35.5. The number of nitrogens with one attached hydrogen (secondary N) is 1.